The molecule has 2 unspecified atom stereocenters. The largest absolute Gasteiger partial charge is 0.465 e. The highest BCUT2D eigenvalue weighted by molar-refractivity contribution is 6.33. The number of halogens is 1. The van der Waals surface area contributed by atoms with Crippen molar-refractivity contribution in [3.05, 3.63) is 28.8 Å². The fourth-order valence-electron chi connectivity index (χ4n) is 2.02. The predicted molar refractivity (Wildman–Crippen MR) is 73.8 cm³/mol. The Hall–Kier alpha value is -1.63. The molecule has 7 heteroatoms. The van der Waals surface area contributed by atoms with E-state index in [4.69, 9.17) is 11.6 Å². The highest BCUT2D eigenvalue weighted by Gasteiger charge is 2.28. The van der Waals surface area contributed by atoms with E-state index in [0.29, 0.717) is 18.7 Å². The number of nitrogens with one attached hydrogen (secondary N) is 2. The fraction of sp³-hybridized carbons (Fsp3) is 0.385. The van der Waals surface area contributed by atoms with Gasteiger partial charge in [-0.1, -0.05) is 11.6 Å². The van der Waals surface area contributed by atoms with E-state index in [1.807, 2.05) is 0 Å². The number of carbonyl (C=O) groups is 2. The summed E-state index contributed by atoms with van der Waals surface area (Å²) < 4.78 is 4.61. The number of aliphatic hydroxyl groups is 1. The lowest BCUT2D eigenvalue weighted by Gasteiger charge is -2.12. The summed E-state index contributed by atoms with van der Waals surface area (Å²) >= 11 is 5.89. The van der Waals surface area contributed by atoms with Crippen LogP contribution in [0.1, 0.15) is 16.8 Å². The van der Waals surface area contributed by atoms with Gasteiger partial charge < -0.3 is 20.5 Å². The first-order chi connectivity index (χ1) is 9.51. The summed E-state index contributed by atoms with van der Waals surface area (Å²) in [4.78, 5) is 23.5. The average molecular weight is 299 g/mol. The molecule has 0 spiro atoms. The molecule has 1 amide bonds. The van der Waals surface area contributed by atoms with Crippen molar-refractivity contribution in [3.8, 4) is 0 Å². The Labute approximate surface area is 121 Å². The molecule has 1 fully saturated rings. The van der Waals surface area contributed by atoms with Gasteiger partial charge in [-0.15, -0.1) is 0 Å². The van der Waals surface area contributed by atoms with Crippen LogP contribution in [0.2, 0.25) is 5.02 Å². The maximum absolute atomic E-state index is 12.0. The van der Waals surface area contributed by atoms with E-state index in [-0.39, 0.29) is 16.5 Å². The van der Waals surface area contributed by atoms with E-state index >= 15 is 0 Å². The third-order valence-corrected chi connectivity index (χ3v) is 3.39. The molecule has 20 heavy (non-hydrogen) atoms. The maximum Gasteiger partial charge on any atom is 0.339 e. The number of esters is 1. The van der Waals surface area contributed by atoms with Gasteiger partial charge in [-0.05, 0) is 24.6 Å². The van der Waals surface area contributed by atoms with E-state index in [1.165, 1.54) is 19.2 Å². The second-order valence-corrected chi connectivity index (χ2v) is 4.93. The van der Waals surface area contributed by atoms with Crippen LogP contribution in [0.15, 0.2) is 18.2 Å². The molecule has 1 aliphatic rings. The van der Waals surface area contributed by atoms with Crippen LogP contribution >= 0.6 is 11.6 Å². The molecule has 1 aromatic rings. The summed E-state index contributed by atoms with van der Waals surface area (Å²) in [6.07, 6.45) is -0.148. The molecule has 1 saturated heterocycles. The second kappa shape index (κ2) is 6.21. The summed E-state index contributed by atoms with van der Waals surface area (Å²) in [5, 5.41) is 15.2. The molecular formula is C13H15ClN2O4. The maximum atomic E-state index is 12.0. The van der Waals surface area contributed by atoms with Crippen molar-refractivity contribution in [2.24, 2.45) is 0 Å². The van der Waals surface area contributed by atoms with E-state index in [0.717, 1.165) is 0 Å². The van der Waals surface area contributed by atoms with Crippen molar-refractivity contribution >= 4 is 29.2 Å². The van der Waals surface area contributed by atoms with Gasteiger partial charge in [-0.3, -0.25) is 4.79 Å². The molecule has 2 rings (SSSR count). The summed E-state index contributed by atoms with van der Waals surface area (Å²) in [6, 6.07) is 4.12. The lowest BCUT2D eigenvalue weighted by atomic mass is 10.1. The molecule has 1 aromatic carbocycles. The van der Waals surface area contributed by atoms with Crippen LogP contribution in [-0.2, 0) is 9.53 Å². The minimum absolute atomic E-state index is 0.186. The smallest absolute Gasteiger partial charge is 0.339 e. The van der Waals surface area contributed by atoms with Gasteiger partial charge in [0.15, 0.2) is 0 Å². The third-order valence-electron chi connectivity index (χ3n) is 3.06. The molecule has 0 radical (unpaired) electrons. The molecule has 1 aliphatic heterocycles. The second-order valence-electron chi connectivity index (χ2n) is 4.53. The highest BCUT2D eigenvalue weighted by atomic mass is 35.5. The predicted octanol–water partition coefficient (Wildman–Crippen LogP) is 0.788. The number of hydrogen-bond acceptors (Lipinski definition) is 5. The lowest BCUT2D eigenvalue weighted by molar-refractivity contribution is -0.117. The van der Waals surface area contributed by atoms with Crippen LogP contribution in [0.3, 0.4) is 0 Å². The van der Waals surface area contributed by atoms with Crippen LogP contribution in [0.4, 0.5) is 5.69 Å². The lowest BCUT2D eigenvalue weighted by Crippen LogP contribution is -2.35. The Balaban J connectivity index is 2.10. The summed E-state index contributed by atoms with van der Waals surface area (Å²) in [5.41, 5.74) is 0.634. The standard InChI is InChI=1S/C13H15ClN2O4/c1-20-13(19)9-4-7(2-3-10(9)14)16-12(18)11-5-8(17)6-15-11/h2-4,8,11,15,17H,5-6H2,1H3,(H,16,18). The Kier molecular flexibility index (Phi) is 4.59. The van der Waals surface area contributed by atoms with Gasteiger partial charge in [-0.25, -0.2) is 4.79 Å². The molecule has 2 atom stereocenters. The zero-order chi connectivity index (χ0) is 14.7. The monoisotopic (exact) mass is 298 g/mol. The zero-order valence-electron chi connectivity index (χ0n) is 10.9. The number of aliphatic hydroxyl groups excluding tert-OH is 1. The molecule has 3 N–H and O–H groups in total. The van der Waals surface area contributed by atoms with E-state index in [1.54, 1.807) is 6.07 Å². The number of β-amino-alcohol motifs (C(OH)–C–C–N with tert-alkyl or cyclic N) is 1. The minimum Gasteiger partial charge on any atom is -0.465 e. The first kappa shape index (κ1) is 14.8. The molecule has 108 valence electrons. The van der Waals surface area contributed by atoms with Crippen molar-refractivity contribution in [2.75, 3.05) is 19.0 Å². The van der Waals surface area contributed by atoms with E-state index in [2.05, 4.69) is 15.4 Å². The van der Waals surface area contributed by atoms with Crippen molar-refractivity contribution in [1.82, 2.24) is 5.32 Å². The van der Waals surface area contributed by atoms with E-state index < -0.39 is 18.1 Å². The SMILES string of the molecule is COC(=O)c1cc(NC(=O)C2CC(O)CN2)ccc1Cl. The topological polar surface area (TPSA) is 87.7 Å². The molecule has 0 aromatic heterocycles. The van der Waals surface area contributed by atoms with Crippen molar-refractivity contribution in [2.45, 2.75) is 18.6 Å². The molecule has 0 aliphatic carbocycles. The first-order valence-corrected chi connectivity index (χ1v) is 6.49. The normalized spacial score (nSPS) is 21.6. The molecule has 0 bridgehead atoms. The zero-order valence-corrected chi connectivity index (χ0v) is 11.6. The van der Waals surface area contributed by atoms with Gasteiger partial charge in [0.25, 0.3) is 0 Å². The quantitative estimate of drug-likeness (QED) is 0.718. The number of carbonyl (C=O) groups excluding carboxylic acids is 2. The van der Waals surface area contributed by atoms with Crippen molar-refractivity contribution < 1.29 is 19.4 Å². The van der Waals surface area contributed by atoms with Crippen molar-refractivity contribution in [3.63, 3.8) is 0 Å². The molecule has 1 heterocycles. The number of hydrogen-bond donors (Lipinski definition) is 3. The van der Waals surface area contributed by atoms with Gasteiger partial charge in [0.1, 0.15) is 0 Å². The van der Waals surface area contributed by atoms with Crippen LogP contribution in [-0.4, -0.2) is 42.8 Å². The van der Waals surface area contributed by atoms with Gasteiger partial charge in [0.05, 0.1) is 29.8 Å². The van der Waals surface area contributed by atoms with Crippen LogP contribution < -0.4 is 10.6 Å². The average Bonchev–Trinajstić information content (AvgIpc) is 2.87. The number of anilines is 1. The van der Waals surface area contributed by atoms with Gasteiger partial charge in [0.2, 0.25) is 5.91 Å². The number of benzene rings is 1. The van der Waals surface area contributed by atoms with Crippen LogP contribution in [0.25, 0.3) is 0 Å². The Morgan fingerprint density at radius 2 is 2.25 bits per heavy atom. The Morgan fingerprint density at radius 1 is 1.50 bits per heavy atom. The van der Waals surface area contributed by atoms with Crippen molar-refractivity contribution in [1.29, 1.82) is 0 Å². The molecular weight excluding hydrogens is 284 g/mol. The number of rotatable bonds is 3. The van der Waals surface area contributed by atoms with Gasteiger partial charge in [0, 0.05) is 12.2 Å². The summed E-state index contributed by atoms with van der Waals surface area (Å²) in [5.74, 6) is -0.833. The van der Waals surface area contributed by atoms with Crippen LogP contribution in [0.5, 0.6) is 0 Å². The van der Waals surface area contributed by atoms with Gasteiger partial charge in [-0.2, -0.15) is 0 Å². The molecule has 6 nitrogen and oxygen atoms in total. The number of amides is 1. The van der Waals surface area contributed by atoms with Crippen LogP contribution in [0, 0.1) is 0 Å². The Morgan fingerprint density at radius 3 is 2.85 bits per heavy atom. The fourth-order valence-corrected chi connectivity index (χ4v) is 2.21. The van der Waals surface area contributed by atoms with E-state index in [9.17, 15) is 14.7 Å². The number of methoxy groups -OCH3 is 1. The summed E-state index contributed by atoms with van der Waals surface area (Å²) in [6.45, 7) is 0.395. The number of ether oxygens (including phenoxy) is 1. The highest BCUT2D eigenvalue weighted by Crippen LogP contribution is 2.22. The summed E-state index contributed by atoms with van der Waals surface area (Å²) in [7, 11) is 1.26. The molecule has 0 saturated carbocycles. The first-order valence-electron chi connectivity index (χ1n) is 6.11. The minimum atomic E-state index is -0.569. The van der Waals surface area contributed by atoms with Gasteiger partial charge >= 0.3 is 5.97 Å². The third kappa shape index (κ3) is 3.27. The Bertz CT molecular complexity index is 535.